The Morgan fingerprint density at radius 2 is 1.76 bits per heavy atom. The van der Waals surface area contributed by atoms with E-state index in [1.807, 2.05) is 58.0 Å². The summed E-state index contributed by atoms with van der Waals surface area (Å²) < 4.78 is 74.2. The zero-order chi connectivity index (χ0) is 50.8. The summed E-state index contributed by atoms with van der Waals surface area (Å²) in [6.07, 6.45) is -2.70. The molecule has 2 aromatic carbocycles. The number of ether oxygens (including phenoxy) is 5. The summed E-state index contributed by atoms with van der Waals surface area (Å²) >= 11 is 0. The number of methoxy groups -OCH3 is 1. The molecule has 18 heteroatoms. The molecule has 4 aliphatic rings. The van der Waals surface area contributed by atoms with Crippen LogP contribution in [-0.2, 0) is 62.2 Å². The number of pyridine rings is 1. The van der Waals surface area contributed by atoms with Crippen LogP contribution in [0.15, 0.2) is 60.8 Å². The third-order valence-corrected chi connectivity index (χ3v) is 13.7. The van der Waals surface area contributed by atoms with Crippen molar-refractivity contribution in [2.24, 2.45) is 17.3 Å². The molecule has 3 amide bonds. The fourth-order valence-corrected chi connectivity index (χ4v) is 9.63. The van der Waals surface area contributed by atoms with E-state index in [-0.39, 0.29) is 50.5 Å². The normalized spacial score (nSPS) is 21.5. The van der Waals surface area contributed by atoms with Crippen molar-refractivity contribution in [2.45, 2.75) is 110 Å². The van der Waals surface area contributed by atoms with Crippen LogP contribution in [0.25, 0.3) is 33.3 Å². The lowest BCUT2D eigenvalue weighted by atomic mass is 9.84. The van der Waals surface area contributed by atoms with Crippen LogP contribution in [0.3, 0.4) is 0 Å². The number of amides is 3. The maximum Gasteiger partial charge on any atom is 0.406 e. The number of nitrogens with one attached hydrogen (secondary N) is 2. The van der Waals surface area contributed by atoms with Crippen molar-refractivity contribution < 1.29 is 56.0 Å². The van der Waals surface area contributed by atoms with Crippen molar-refractivity contribution in [3.05, 3.63) is 77.6 Å². The minimum Gasteiger partial charge on any atom is -0.464 e. The number of cyclic esters (lactones) is 1. The molecule has 0 unspecified atom stereocenters. The van der Waals surface area contributed by atoms with E-state index >= 15 is 0 Å². The Hall–Kier alpha value is -5.84. The van der Waals surface area contributed by atoms with Crippen molar-refractivity contribution in [3.8, 4) is 34.2 Å². The molecule has 3 saturated heterocycles. The van der Waals surface area contributed by atoms with Crippen LogP contribution < -0.4 is 10.7 Å². The number of rotatable bonds is 10. The molecule has 3 fully saturated rings. The molecule has 0 aliphatic carbocycles. The molecule has 0 spiro atoms. The molecule has 380 valence electrons. The highest BCUT2D eigenvalue weighted by Crippen LogP contribution is 2.43. The first kappa shape index (κ1) is 51.5. The minimum atomic E-state index is -4.58. The maximum absolute atomic E-state index is 14.7. The predicted molar refractivity (Wildman–Crippen MR) is 257 cm³/mol. The summed E-state index contributed by atoms with van der Waals surface area (Å²) in [4.78, 5) is 61.7. The molecule has 4 atom stereocenters. The molecule has 6 bridgehead atoms. The van der Waals surface area contributed by atoms with E-state index in [1.54, 1.807) is 49.2 Å². The first-order valence-corrected chi connectivity index (χ1v) is 24.3. The lowest BCUT2D eigenvalue weighted by Gasteiger charge is -2.38. The Balaban J connectivity index is 1.12. The van der Waals surface area contributed by atoms with Crippen LogP contribution in [0.2, 0.25) is 0 Å². The van der Waals surface area contributed by atoms with Crippen LogP contribution in [-0.4, -0.2) is 126 Å². The molecule has 4 aromatic rings. The first-order valence-electron chi connectivity index (χ1n) is 24.3. The van der Waals surface area contributed by atoms with Crippen LogP contribution in [0, 0.1) is 29.1 Å². The van der Waals surface area contributed by atoms with Crippen LogP contribution in [0.5, 0.6) is 0 Å². The Bertz CT molecular complexity index is 2700. The predicted octanol–water partition coefficient (Wildman–Crippen LogP) is 6.55. The van der Waals surface area contributed by atoms with Crippen LogP contribution in [0.4, 0.5) is 13.2 Å². The van der Waals surface area contributed by atoms with E-state index in [0.717, 1.165) is 11.1 Å². The maximum atomic E-state index is 14.7. The number of aromatic nitrogens is 2. The zero-order valence-electron chi connectivity index (χ0n) is 41.3. The van der Waals surface area contributed by atoms with Gasteiger partial charge in [-0.2, -0.15) is 13.2 Å². The van der Waals surface area contributed by atoms with Gasteiger partial charge in [0.1, 0.15) is 18.6 Å². The number of halogens is 3. The number of carbonyl (C=O) groups excluding carboxylic acids is 4. The van der Waals surface area contributed by atoms with E-state index in [4.69, 9.17) is 23.7 Å². The number of nitrogens with zero attached hydrogens (tertiary/aromatic N) is 4. The molecule has 6 heterocycles. The van der Waals surface area contributed by atoms with Gasteiger partial charge < -0.3 is 38.5 Å². The van der Waals surface area contributed by atoms with E-state index in [0.29, 0.717) is 78.1 Å². The molecular formula is C53H63F3N6O9. The largest absolute Gasteiger partial charge is 0.464 e. The molecule has 71 heavy (non-hydrogen) atoms. The smallest absolute Gasteiger partial charge is 0.406 e. The van der Waals surface area contributed by atoms with Gasteiger partial charge in [-0.05, 0) is 84.5 Å². The summed E-state index contributed by atoms with van der Waals surface area (Å²) in [6, 6.07) is 14.4. The van der Waals surface area contributed by atoms with Gasteiger partial charge in [0.2, 0.25) is 11.7 Å². The standard InChI is InChI=1S/C53H63F3N6O9/c1-32(2)41(29-68-37-27-60(28-37)45(63)17-18-52(6)70-21-22-71-52)48(64)58-43-24-34-11-8-12-35(23-34)36-15-16-44-39(25-36)40(26-51(4,5)31-69-50(66)42-14-10-20-62(59-42)49(43)65)47(61(44)30-53(54,55)56)38-13-9-19-57-46(38)33(3)67-7/h8-9,11-13,15-16,19,23,25,32-33,37,41-43,59H,10,14,20-22,24,26-31H2,1-7H3,(H,58,64)/t33-,41-,42-,43-/m0/s1. The topological polar surface area (TPSA) is 163 Å². The Morgan fingerprint density at radius 1 is 1.01 bits per heavy atom. The van der Waals surface area contributed by atoms with Gasteiger partial charge in [-0.1, -0.05) is 58.0 Å². The zero-order valence-corrected chi connectivity index (χ0v) is 41.3. The number of hydrogen-bond acceptors (Lipinski definition) is 11. The molecular weight excluding hydrogens is 922 g/mol. The summed E-state index contributed by atoms with van der Waals surface area (Å²) in [5, 5.41) is 5.01. The lowest BCUT2D eigenvalue weighted by molar-refractivity contribution is -0.155. The Labute approximate surface area is 412 Å². The molecule has 0 radical (unpaired) electrons. The molecule has 15 nitrogen and oxygen atoms in total. The highest BCUT2D eigenvalue weighted by molar-refractivity contribution is 5.96. The van der Waals surface area contributed by atoms with E-state index in [2.05, 4.69) is 27.6 Å². The molecule has 2 aromatic heterocycles. The number of esters is 1. The van der Waals surface area contributed by atoms with Crippen LogP contribution >= 0.6 is 0 Å². The van der Waals surface area contributed by atoms with Gasteiger partial charge in [-0.3, -0.25) is 29.2 Å². The van der Waals surface area contributed by atoms with Gasteiger partial charge in [-0.15, -0.1) is 0 Å². The summed E-state index contributed by atoms with van der Waals surface area (Å²) in [5.41, 5.74) is 6.80. The molecule has 4 aliphatic heterocycles. The monoisotopic (exact) mass is 984 g/mol. The fraction of sp³-hybridized carbons (Fsp3) is 0.528. The fourth-order valence-electron chi connectivity index (χ4n) is 9.63. The van der Waals surface area contributed by atoms with Gasteiger partial charge in [-0.25, -0.2) is 5.43 Å². The van der Waals surface area contributed by atoms with Crippen molar-refractivity contribution in [1.82, 2.24) is 30.2 Å². The van der Waals surface area contributed by atoms with Gasteiger partial charge in [0.05, 0.1) is 55.9 Å². The second-order valence-electron chi connectivity index (χ2n) is 20.2. The number of fused-ring (bicyclic) bond motifs is 6. The van der Waals surface area contributed by atoms with Gasteiger partial charge in [0.15, 0.2) is 0 Å². The SMILES string of the molecule is CO[C@@H](C)c1ncccc1-c1c2c3cc(ccc3n1CC(F)(F)F)-c1cccc(c1)C[C@H](NC(=O)[C@@H](COC1CN(C(=O)C#CC3(C)OCCO3)C1)C(C)C)C(=O)N1CCC[C@H](N1)C(=O)OCC(C)(C)C2. The average molecular weight is 985 g/mol. The molecule has 2 N–H and O–H groups in total. The third-order valence-electron chi connectivity index (χ3n) is 13.7. The second-order valence-corrected chi connectivity index (χ2v) is 20.2. The number of likely N-dealkylation sites (tertiary alicyclic amines) is 1. The van der Waals surface area contributed by atoms with Gasteiger partial charge >= 0.3 is 12.1 Å². The lowest BCUT2D eigenvalue weighted by Crippen LogP contribution is -2.61. The summed E-state index contributed by atoms with van der Waals surface area (Å²) in [5.74, 6) is 1.57. The van der Waals surface area contributed by atoms with Crippen molar-refractivity contribution >= 4 is 34.6 Å². The highest BCUT2D eigenvalue weighted by atomic mass is 19.4. The minimum absolute atomic E-state index is 0.0363. The van der Waals surface area contributed by atoms with E-state index in [1.165, 1.54) is 16.7 Å². The van der Waals surface area contributed by atoms with E-state index in [9.17, 15) is 32.3 Å². The number of benzene rings is 2. The second kappa shape index (κ2) is 21.1. The quantitative estimate of drug-likeness (QED) is 0.131. The first-order chi connectivity index (χ1) is 33.7. The van der Waals surface area contributed by atoms with Crippen molar-refractivity contribution in [1.29, 1.82) is 0 Å². The van der Waals surface area contributed by atoms with Gasteiger partial charge in [0, 0.05) is 74.1 Å². The molecule has 0 saturated carbocycles. The molecule has 8 rings (SSSR count). The highest BCUT2D eigenvalue weighted by Gasteiger charge is 2.39. The Morgan fingerprint density at radius 3 is 2.48 bits per heavy atom. The summed E-state index contributed by atoms with van der Waals surface area (Å²) in [6.45, 7) is 11.4. The van der Waals surface area contributed by atoms with Gasteiger partial charge in [0.25, 0.3) is 11.8 Å². The number of hydrazine groups is 1. The van der Waals surface area contributed by atoms with Crippen molar-refractivity contribution in [2.75, 3.05) is 53.2 Å². The number of hydrogen-bond donors (Lipinski definition) is 2. The number of alkyl halides is 3. The number of carbonyl (C=O) groups is 4. The Kier molecular flexibility index (Phi) is 15.3. The average Bonchev–Trinajstić information content (AvgIpc) is 3.88. The summed E-state index contributed by atoms with van der Waals surface area (Å²) in [7, 11) is 1.52. The van der Waals surface area contributed by atoms with Crippen molar-refractivity contribution in [3.63, 3.8) is 0 Å². The van der Waals surface area contributed by atoms with E-state index < -0.39 is 65.8 Å². The van der Waals surface area contributed by atoms with Crippen LogP contribution in [0.1, 0.15) is 77.3 Å². The third kappa shape index (κ3) is 11.9.